The van der Waals surface area contributed by atoms with Crippen molar-refractivity contribution in [3.63, 3.8) is 0 Å². The second kappa shape index (κ2) is 6.73. The molecule has 17 heavy (non-hydrogen) atoms. The van der Waals surface area contributed by atoms with Crippen LogP contribution in [0.3, 0.4) is 0 Å². The molecule has 2 unspecified atom stereocenters. The Hall–Kier alpha value is -0.100. The van der Waals surface area contributed by atoms with Crippen molar-refractivity contribution < 1.29 is 16.8 Å². The van der Waals surface area contributed by atoms with E-state index < -0.39 is 19.7 Å². The Morgan fingerprint density at radius 1 is 0.882 bits per heavy atom. The fraction of sp³-hybridized carbons (Fsp3) is 1.00. The van der Waals surface area contributed by atoms with Crippen LogP contribution in [0.1, 0.15) is 40.5 Å². The summed E-state index contributed by atoms with van der Waals surface area (Å²) in [6, 6.07) is 0. The van der Waals surface area contributed by atoms with Gasteiger partial charge in [0.1, 0.15) is 9.84 Å². The van der Waals surface area contributed by atoms with Crippen LogP contribution in [0.25, 0.3) is 0 Å². The first-order valence-electron chi connectivity index (χ1n) is 6.06. The highest BCUT2D eigenvalue weighted by Crippen LogP contribution is 2.15. The van der Waals surface area contributed by atoms with Crippen molar-refractivity contribution in [2.45, 2.75) is 45.8 Å². The van der Waals surface area contributed by atoms with Gasteiger partial charge in [0.15, 0.2) is 9.84 Å². The van der Waals surface area contributed by atoms with Crippen LogP contribution in [0.5, 0.6) is 0 Å². The van der Waals surface area contributed by atoms with Crippen molar-refractivity contribution >= 4 is 19.7 Å². The maximum Gasteiger partial charge on any atom is 0.152 e. The fourth-order valence-electron chi connectivity index (χ4n) is 1.62. The molecule has 2 atom stereocenters. The van der Waals surface area contributed by atoms with Crippen molar-refractivity contribution in [3.05, 3.63) is 0 Å². The minimum atomic E-state index is -2.99. The Kier molecular flexibility index (Phi) is 6.69. The van der Waals surface area contributed by atoms with Crippen LogP contribution < -0.4 is 0 Å². The van der Waals surface area contributed by atoms with E-state index in [2.05, 4.69) is 0 Å². The summed E-state index contributed by atoms with van der Waals surface area (Å²) < 4.78 is 45.8. The maximum atomic E-state index is 11.5. The van der Waals surface area contributed by atoms with Gasteiger partial charge in [0.2, 0.25) is 0 Å². The van der Waals surface area contributed by atoms with Gasteiger partial charge < -0.3 is 0 Å². The van der Waals surface area contributed by atoms with Crippen LogP contribution >= 0.6 is 0 Å². The smallest absolute Gasteiger partial charge is 0.152 e. The molecule has 0 aromatic carbocycles. The Morgan fingerprint density at radius 3 is 1.82 bits per heavy atom. The van der Waals surface area contributed by atoms with Gasteiger partial charge in [-0.25, -0.2) is 16.8 Å². The van der Waals surface area contributed by atoms with Crippen molar-refractivity contribution in [2.75, 3.05) is 17.3 Å². The minimum absolute atomic E-state index is 0.0226. The second-order valence-corrected chi connectivity index (χ2v) is 9.75. The van der Waals surface area contributed by atoms with Gasteiger partial charge in [-0.05, 0) is 25.7 Å². The summed E-state index contributed by atoms with van der Waals surface area (Å²) in [6.07, 6.45) is 1.18. The normalized spacial score (nSPS) is 16.7. The zero-order chi connectivity index (χ0) is 13.7. The standard InChI is InChI=1S/C11H24O4S2/c1-5-16(12,13)9-10(3)7-8-11(4)17(14,15)6-2/h10-11H,5-9H2,1-4H3. The van der Waals surface area contributed by atoms with E-state index in [0.29, 0.717) is 12.8 Å². The van der Waals surface area contributed by atoms with Gasteiger partial charge >= 0.3 is 0 Å². The quantitative estimate of drug-likeness (QED) is 0.680. The largest absolute Gasteiger partial charge is 0.229 e. The van der Waals surface area contributed by atoms with E-state index in [0.717, 1.165) is 0 Å². The van der Waals surface area contributed by atoms with E-state index in [4.69, 9.17) is 0 Å². The van der Waals surface area contributed by atoms with Gasteiger partial charge in [-0.3, -0.25) is 0 Å². The molecule has 0 saturated carbocycles. The van der Waals surface area contributed by atoms with E-state index >= 15 is 0 Å². The average Bonchev–Trinajstić information content (AvgIpc) is 2.25. The number of sulfone groups is 2. The van der Waals surface area contributed by atoms with Crippen molar-refractivity contribution in [3.8, 4) is 0 Å². The predicted molar refractivity (Wildman–Crippen MR) is 71.6 cm³/mol. The van der Waals surface area contributed by atoms with E-state index in [9.17, 15) is 16.8 Å². The summed E-state index contributed by atoms with van der Waals surface area (Å²) in [6.45, 7) is 6.82. The highest BCUT2D eigenvalue weighted by Gasteiger charge is 2.20. The van der Waals surface area contributed by atoms with Crippen molar-refractivity contribution in [1.29, 1.82) is 0 Å². The lowest BCUT2D eigenvalue weighted by molar-refractivity contribution is 0.520. The first-order chi connectivity index (χ1) is 7.64. The van der Waals surface area contributed by atoms with Crippen LogP contribution in [0.15, 0.2) is 0 Å². The topological polar surface area (TPSA) is 68.3 Å². The lowest BCUT2D eigenvalue weighted by Crippen LogP contribution is -2.22. The SMILES string of the molecule is CCS(=O)(=O)CC(C)CCC(C)S(=O)(=O)CC. The van der Waals surface area contributed by atoms with Crippen LogP contribution in [0.4, 0.5) is 0 Å². The second-order valence-electron chi connectivity index (χ2n) is 4.64. The van der Waals surface area contributed by atoms with Gasteiger partial charge in [0.25, 0.3) is 0 Å². The molecule has 0 amide bonds. The van der Waals surface area contributed by atoms with Gasteiger partial charge in [0, 0.05) is 11.5 Å². The van der Waals surface area contributed by atoms with Crippen molar-refractivity contribution in [1.82, 2.24) is 0 Å². The first-order valence-corrected chi connectivity index (χ1v) is 9.60. The summed E-state index contributed by atoms with van der Waals surface area (Å²) >= 11 is 0. The molecule has 0 saturated heterocycles. The van der Waals surface area contributed by atoms with Crippen LogP contribution in [-0.4, -0.2) is 39.3 Å². The molecule has 0 bridgehead atoms. The predicted octanol–water partition coefficient (Wildman–Crippen LogP) is 1.66. The third kappa shape index (κ3) is 6.41. The Bertz CT molecular complexity index is 409. The van der Waals surface area contributed by atoms with E-state index in [1.165, 1.54) is 0 Å². The number of rotatable bonds is 8. The summed E-state index contributed by atoms with van der Waals surface area (Å²) in [5, 5.41) is -0.376. The van der Waals surface area contributed by atoms with Crippen LogP contribution in [-0.2, 0) is 19.7 Å². The van der Waals surface area contributed by atoms with E-state index in [1.807, 2.05) is 6.92 Å². The van der Waals surface area contributed by atoms with E-state index in [-0.39, 0.29) is 28.4 Å². The lowest BCUT2D eigenvalue weighted by Gasteiger charge is -2.15. The molecule has 0 heterocycles. The van der Waals surface area contributed by atoms with Gasteiger partial charge in [-0.2, -0.15) is 0 Å². The lowest BCUT2D eigenvalue weighted by atomic mass is 10.1. The fourth-order valence-corrected chi connectivity index (χ4v) is 3.95. The molecule has 0 aliphatic rings. The Labute approximate surface area is 106 Å². The molecule has 0 aliphatic carbocycles. The highest BCUT2D eigenvalue weighted by molar-refractivity contribution is 7.92. The summed E-state index contributed by atoms with van der Waals surface area (Å²) in [7, 11) is -5.95. The van der Waals surface area contributed by atoms with Gasteiger partial charge in [0.05, 0.1) is 11.0 Å². The zero-order valence-corrected chi connectivity index (χ0v) is 12.8. The molecular weight excluding hydrogens is 260 g/mol. The number of hydrogen-bond acceptors (Lipinski definition) is 4. The Balaban J connectivity index is 4.23. The monoisotopic (exact) mass is 284 g/mol. The molecule has 0 spiro atoms. The number of hydrogen-bond donors (Lipinski definition) is 0. The summed E-state index contributed by atoms with van der Waals surface area (Å²) in [5.41, 5.74) is 0. The molecule has 0 N–H and O–H groups in total. The summed E-state index contributed by atoms with van der Waals surface area (Å²) in [5.74, 6) is 0.479. The molecular formula is C11H24O4S2. The maximum absolute atomic E-state index is 11.5. The third-order valence-corrected chi connectivity index (χ3v) is 7.28. The Morgan fingerprint density at radius 2 is 1.41 bits per heavy atom. The van der Waals surface area contributed by atoms with Gasteiger partial charge in [-0.15, -0.1) is 0 Å². The van der Waals surface area contributed by atoms with Gasteiger partial charge in [-0.1, -0.05) is 20.8 Å². The molecule has 4 nitrogen and oxygen atoms in total. The molecule has 0 rings (SSSR count). The highest BCUT2D eigenvalue weighted by atomic mass is 32.2. The molecule has 6 heteroatoms. The van der Waals surface area contributed by atoms with Crippen LogP contribution in [0.2, 0.25) is 0 Å². The first kappa shape index (κ1) is 16.9. The third-order valence-electron chi connectivity index (χ3n) is 3.06. The molecule has 0 fully saturated rings. The molecule has 0 aromatic rings. The molecule has 104 valence electrons. The minimum Gasteiger partial charge on any atom is -0.229 e. The average molecular weight is 284 g/mol. The summed E-state index contributed by atoms with van der Waals surface area (Å²) in [4.78, 5) is 0. The molecule has 0 aromatic heterocycles. The zero-order valence-electron chi connectivity index (χ0n) is 11.1. The van der Waals surface area contributed by atoms with E-state index in [1.54, 1.807) is 20.8 Å². The van der Waals surface area contributed by atoms with Crippen molar-refractivity contribution in [2.24, 2.45) is 5.92 Å². The van der Waals surface area contributed by atoms with Crippen LogP contribution in [0, 0.1) is 5.92 Å². The molecule has 0 radical (unpaired) electrons. The molecule has 0 aliphatic heterocycles.